The minimum absolute atomic E-state index is 0.438. The van der Waals surface area contributed by atoms with E-state index < -0.39 is 10.0 Å². The molecule has 0 bridgehead atoms. The Morgan fingerprint density at radius 1 is 1.08 bits per heavy atom. The number of thioether (sulfide) groups is 1. The molecule has 0 amide bonds. The van der Waals surface area contributed by atoms with Gasteiger partial charge in [0.05, 0.1) is 0 Å². The normalized spacial score (nSPS) is 15.4. The van der Waals surface area contributed by atoms with Gasteiger partial charge in [0.25, 0.3) is 0 Å². The predicted molar refractivity (Wildman–Crippen MR) is 67.1 cm³/mol. The molecule has 0 aliphatic rings. The van der Waals surface area contributed by atoms with Crippen molar-refractivity contribution in [3.05, 3.63) is 30.3 Å². The van der Waals surface area contributed by atoms with Crippen molar-refractivity contribution in [2.75, 3.05) is 18.8 Å². The number of rotatable bonds is 3. The first-order valence-electron chi connectivity index (χ1n) is 4.39. The summed E-state index contributed by atoms with van der Waals surface area (Å²) >= 11 is 1.99. The second kappa shape index (κ2) is 4.43. The molecule has 0 radical (unpaired) electrons. The number of benzene rings is 1. The average molecular weight is 214 g/mol. The largest absolute Gasteiger partial charge is 0.238 e. The molecule has 0 saturated carbocycles. The van der Waals surface area contributed by atoms with Gasteiger partial charge in [-0.15, -0.1) is 11.8 Å². The third kappa shape index (κ3) is 3.65. The second-order valence-electron chi connectivity index (χ2n) is 3.93. The third-order valence-electron chi connectivity index (χ3n) is 2.04. The van der Waals surface area contributed by atoms with Crippen LogP contribution in [0.5, 0.6) is 0 Å². The van der Waals surface area contributed by atoms with Crippen LogP contribution in [-0.4, -0.2) is 23.3 Å². The maximum Gasteiger partial charge on any atom is 0.0361 e. The van der Waals surface area contributed by atoms with E-state index in [-0.39, 0.29) is 0 Å². The second-order valence-corrected chi connectivity index (χ2v) is 10.2. The Kier molecular flexibility index (Phi) is 3.74. The van der Waals surface area contributed by atoms with E-state index in [2.05, 4.69) is 56.0 Å². The Morgan fingerprint density at radius 3 is 2.08 bits per heavy atom. The summed E-state index contributed by atoms with van der Waals surface area (Å²) in [5, 5.41) is 0. The van der Waals surface area contributed by atoms with Gasteiger partial charge in [0.2, 0.25) is 0 Å². The van der Waals surface area contributed by atoms with Gasteiger partial charge in [-0.25, -0.2) is 10.0 Å². The Hall–Kier alpha value is -0.0800. The van der Waals surface area contributed by atoms with E-state index in [1.807, 2.05) is 11.8 Å². The van der Waals surface area contributed by atoms with Crippen LogP contribution in [0.2, 0.25) is 0 Å². The molecule has 0 heterocycles. The molecular weight excluding hydrogens is 196 g/mol. The van der Waals surface area contributed by atoms with E-state index in [1.165, 1.54) is 4.90 Å². The van der Waals surface area contributed by atoms with E-state index in [9.17, 15) is 0 Å². The lowest BCUT2D eigenvalue weighted by atomic mass is 10.4. The summed E-state index contributed by atoms with van der Waals surface area (Å²) in [7, 11) is -0.438. The van der Waals surface area contributed by atoms with Crippen molar-refractivity contribution in [2.45, 2.75) is 16.4 Å². The number of hydrogen-bond donors (Lipinski definition) is 0. The highest BCUT2D eigenvalue weighted by Gasteiger charge is 2.15. The molecule has 0 spiro atoms. The fourth-order valence-electron chi connectivity index (χ4n) is 0.835. The molecule has 1 aromatic carbocycles. The van der Waals surface area contributed by atoms with Crippen LogP contribution >= 0.6 is 21.8 Å². The smallest absolute Gasteiger partial charge is 0.0361 e. The van der Waals surface area contributed by atoms with E-state index in [0.29, 0.717) is 0 Å². The zero-order chi connectivity index (χ0) is 9.90. The fraction of sp³-hybridized carbons (Fsp3) is 0.455. The molecule has 0 aliphatic heterocycles. The first-order valence-corrected chi connectivity index (χ1v) is 8.19. The van der Waals surface area contributed by atoms with E-state index in [0.717, 1.165) is 4.58 Å². The Bertz CT molecular complexity index is 249. The lowest BCUT2D eigenvalue weighted by molar-refractivity contribution is 1.36. The van der Waals surface area contributed by atoms with Gasteiger partial charge in [-0.05, 0) is 37.8 Å². The van der Waals surface area contributed by atoms with Crippen LogP contribution in [0.4, 0.5) is 0 Å². The highest BCUT2D eigenvalue weighted by molar-refractivity contribution is 8.39. The summed E-state index contributed by atoms with van der Waals surface area (Å²) in [4.78, 5) is 1.39. The monoisotopic (exact) mass is 214 g/mol. The first kappa shape index (κ1) is 11.0. The first-order chi connectivity index (χ1) is 6.00. The lowest BCUT2D eigenvalue weighted by Gasteiger charge is -2.32. The van der Waals surface area contributed by atoms with Crippen molar-refractivity contribution in [1.82, 2.24) is 0 Å². The summed E-state index contributed by atoms with van der Waals surface area (Å²) in [5.74, 6) is 0. The molecular formula is C11H18S2. The number of hydrogen-bond acceptors (Lipinski definition) is 1. The van der Waals surface area contributed by atoms with Crippen LogP contribution < -0.4 is 0 Å². The maximum absolute atomic E-state index is 2.37. The minimum Gasteiger partial charge on any atom is -0.238 e. The quantitative estimate of drug-likeness (QED) is 0.689. The summed E-state index contributed by atoms with van der Waals surface area (Å²) < 4.78 is 0.731. The molecule has 1 atom stereocenters. The summed E-state index contributed by atoms with van der Waals surface area (Å²) in [6.07, 6.45) is 7.11. The molecule has 0 nitrogen and oxygen atoms in total. The molecule has 13 heavy (non-hydrogen) atoms. The van der Waals surface area contributed by atoms with Crippen molar-refractivity contribution in [3.63, 3.8) is 0 Å². The van der Waals surface area contributed by atoms with Crippen LogP contribution in [0.25, 0.3) is 0 Å². The third-order valence-corrected chi connectivity index (χ3v) is 6.93. The SMILES string of the molecule is CC(Sc1ccccc1)S(C)(C)C. The molecule has 2 heteroatoms. The minimum atomic E-state index is -0.438. The van der Waals surface area contributed by atoms with Gasteiger partial charge in [-0.1, -0.05) is 18.2 Å². The predicted octanol–water partition coefficient (Wildman–Crippen LogP) is 3.82. The Morgan fingerprint density at radius 2 is 1.62 bits per heavy atom. The van der Waals surface area contributed by atoms with Gasteiger partial charge < -0.3 is 0 Å². The molecule has 1 rings (SSSR count). The van der Waals surface area contributed by atoms with Crippen molar-refractivity contribution in [1.29, 1.82) is 0 Å². The topological polar surface area (TPSA) is 0 Å². The summed E-state index contributed by atoms with van der Waals surface area (Å²) in [5.41, 5.74) is 0. The zero-order valence-electron chi connectivity index (χ0n) is 8.78. The van der Waals surface area contributed by atoms with Gasteiger partial charge >= 0.3 is 0 Å². The summed E-state index contributed by atoms with van der Waals surface area (Å²) in [6, 6.07) is 10.7. The van der Waals surface area contributed by atoms with Crippen LogP contribution in [0.15, 0.2) is 35.2 Å². The van der Waals surface area contributed by atoms with E-state index in [4.69, 9.17) is 0 Å². The van der Waals surface area contributed by atoms with Gasteiger partial charge in [-0.3, -0.25) is 0 Å². The molecule has 0 fully saturated rings. The molecule has 1 unspecified atom stereocenters. The Labute approximate surface area is 87.4 Å². The standard InChI is InChI=1S/C11H18S2/c1-10(13(2,3)4)12-11-8-6-5-7-9-11/h5-10H,1-4H3. The van der Waals surface area contributed by atoms with Crippen molar-refractivity contribution >= 4 is 21.8 Å². The van der Waals surface area contributed by atoms with Crippen LogP contribution in [0.1, 0.15) is 6.92 Å². The highest BCUT2D eigenvalue weighted by Crippen LogP contribution is 2.48. The molecule has 1 aromatic rings. The van der Waals surface area contributed by atoms with Crippen LogP contribution in [0.3, 0.4) is 0 Å². The van der Waals surface area contributed by atoms with Crippen molar-refractivity contribution in [2.24, 2.45) is 0 Å². The van der Waals surface area contributed by atoms with Crippen LogP contribution in [-0.2, 0) is 0 Å². The highest BCUT2D eigenvalue weighted by atomic mass is 32.3. The van der Waals surface area contributed by atoms with E-state index >= 15 is 0 Å². The van der Waals surface area contributed by atoms with Gasteiger partial charge in [0.1, 0.15) is 0 Å². The van der Waals surface area contributed by atoms with Gasteiger partial charge in [0.15, 0.2) is 0 Å². The Balaban J connectivity index is 2.61. The van der Waals surface area contributed by atoms with Crippen molar-refractivity contribution < 1.29 is 0 Å². The molecule has 0 aromatic heterocycles. The van der Waals surface area contributed by atoms with Crippen LogP contribution in [0, 0.1) is 0 Å². The summed E-state index contributed by atoms with van der Waals surface area (Å²) in [6.45, 7) is 2.33. The molecule has 74 valence electrons. The lowest BCUT2D eigenvalue weighted by Crippen LogP contribution is -2.06. The zero-order valence-corrected chi connectivity index (χ0v) is 10.4. The molecule has 0 N–H and O–H groups in total. The van der Waals surface area contributed by atoms with Gasteiger partial charge in [-0.2, -0.15) is 0 Å². The molecule has 0 saturated heterocycles. The average Bonchev–Trinajstić information content (AvgIpc) is 2.04. The fourth-order valence-corrected chi connectivity index (χ4v) is 3.02. The van der Waals surface area contributed by atoms with E-state index in [1.54, 1.807) is 0 Å². The van der Waals surface area contributed by atoms with Gasteiger partial charge in [0, 0.05) is 9.48 Å². The van der Waals surface area contributed by atoms with Crippen molar-refractivity contribution in [3.8, 4) is 0 Å². The molecule has 0 aliphatic carbocycles. The maximum atomic E-state index is 2.37.